The molecule has 0 heterocycles. The zero-order valence-electron chi connectivity index (χ0n) is 13.1. The van der Waals surface area contributed by atoms with Crippen molar-refractivity contribution in [2.45, 2.75) is 97.8 Å². The Hall–Kier alpha value is -0.460. The molecule has 1 heteroatoms. The molecule has 0 fully saturated rings. The first kappa shape index (κ1) is 17.5. The van der Waals surface area contributed by atoms with Gasteiger partial charge >= 0.3 is 0 Å². The van der Waals surface area contributed by atoms with E-state index in [2.05, 4.69) is 20.8 Å². The number of hydrogen-bond donors (Lipinski definition) is 1. The average Bonchev–Trinajstić information content (AvgIpc) is 2.37. The van der Waals surface area contributed by atoms with Crippen molar-refractivity contribution in [1.29, 1.82) is 0 Å². The van der Waals surface area contributed by atoms with Crippen LogP contribution in [-0.4, -0.2) is 0 Å². The predicted molar refractivity (Wildman–Crippen MR) is 83.6 cm³/mol. The van der Waals surface area contributed by atoms with Gasteiger partial charge in [-0.2, -0.15) is 0 Å². The van der Waals surface area contributed by atoms with Crippen molar-refractivity contribution in [2.24, 2.45) is 5.73 Å². The highest BCUT2D eigenvalue weighted by atomic mass is 14.6. The van der Waals surface area contributed by atoms with Crippen LogP contribution in [0.15, 0.2) is 11.3 Å². The summed E-state index contributed by atoms with van der Waals surface area (Å²) in [5.74, 6) is 0. The van der Waals surface area contributed by atoms with Crippen molar-refractivity contribution < 1.29 is 0 Å². The Bertz CT molecular complexity index is 194. The van der Waals surface area contributed by atoms with Gasteiger partial charge in [-0.1, -0.05) is 64.9 Å². The summed E-state index contributed by atoms with van der Waals surface area (Å²) >= 11 is 0. The van der Waals surface area contributed by atoms with Crippen LogP contribution in [0, 0.1) is 0 Å². The molecule has 0 aliphatic rings. The predicted octanol–water partition coefficient (Wildman–Crippen LogP) is 5.94. The number of unbranched alkanes of at least 4 members (excludes halogenated alkanes) is 6. The van der Waals surface area contributed by atoms with Crippen molar-refractivity contribution >= 4 is 0 Å². The lowest BCUT2D eigenvalue weighted by molar-refractivity contribution is 0.638. The maximum absolute atomic E-state index is 6.30. The van der Waals surface area contributed by atoms with Gasteiger partial charge in [-0.05, 0) is 38.5 Å². The zero-order valence-corrected chi connectivity index (χ0v) is 13.1. The summed E-state index contributed by atoms with van der Waals surface area (Å²) in [6.45, 7) is 6.79. The van der Waals surface area contributed by atoms with Crippen molar-refractivity contribution in [2.75, 3.05) is 0 Å². The molecule has 0 spiro atoms. The van der Waals surface area contributed by atoms with E-state index in [1.54, 1.807) is 5.57 Å². The van der Waals surface area contributed by atoms with E-state index in [9.17, 15) is 0 Å². The van der Waals surface area contributed by atoms with E-state index >= 15 is 0 Å². The molecule has 0 aliphatic heterocycles. The highest BCUT2D eigenvalue weighted by Gasteiger charge is 2.04. The summed E-state index contributed by atoms with van der Waals surface area (Å²) in [7, 11) is 0. The normalized spacial score (nSPS) is 10.6. The van der Waals surface area contributed by atoms with E-state index in [1.165, 1.54) is 76.3 Å². The van der Waals surface area contributed by atoms with Crippen LogP contribution in [-0.2, 0) is 0 Å². The fraction of sp³-hybridized carbons (Fsp3) is 0.882. The van der Waals surface area contributed by atoms with Crippen LogP contribution in [0.25, 0.3) is 0 Å². The minimum Gasteiger partial charge on any atom is -0.402 e. The molecule has 108 valence electrons. The van der Waals surface area contributed by atoms with Crippen LogP contribution in [0.5, 0.6) is 0 Å². The zero-order chi connectivity index (χ0) is 13.6. The average molecular weight is 253 g/mol. The Morgan fingerprint density at radius 1 is 0.611 bits per heavy atom. The molecule has 0 aromatic carbocycles. The largest absolute Gasteiger partial charge is 0.402 e. The van der Waals surface area contributed by atoms with Crippen LogP contribution in [0.2, 0.25) is 0 Å². The third kappa shape index (κ3) is 9.56. The molecular formula is C17H35N. The molecule has 0 saturated heterocycles. The molecule has 0 bridgehead atoms. The molecule has 2 N–H and O–H groups in total. The van der Waals surface area contributed by atoms with Gasteiger partial charge in [-0.3, -0.25) is 0 Å². The molecule has 0 aromatic rings. The molecule has 0 atom stereocenters. The van der Waals surface area contributed by atoms with Gasteiger partial charge in [0.15, 0.2) is 0 Å². The van der Waals surface area contributed by atoms with Crippen LogP contribution in [0.3, 0.4) is 0 Å². The molecule has 1 nitrogen and oxygen atoms in total. The highest BCUT2D eigenvalue weighted by Crippen LogP contribution is 2.21. The quantitative estimate of drug-likeness (QED) is 0.428. The van der Waals surface area contributed by atoms with Crippen molar-refractivity contribution in [3.8, 4) is 0 Å². The Balaban J connectivity index is 4.16. The maximum atomic E-state index is 6.30. The number of nitrogens with two attached hydrogens (primary N) is 1. The molecule has 0 radical (unpaired) electrons. The molecule has 0 unspecified atom stereocenters. The minimum absolute atomic E-state index is 1.13. The standard InChI is InChI=1S/C17H35N/c1-4-7-10-13-16(14-11-8-5-2)17(18)15-12-9-6-3/h4-15,18H2,1-3H3. The van der Waals surface area contributed by atoms with E-state index in [0.717, 1.165) is 6.42 Å². The minimum atomic E-state index is 1.13. The third-order valence-electron chi connectivity index (χ3n) is 3.67. The SMILES string of the molecule is CCCCCC(N)=C(CCCCC)CCCCC. The Morgan fingerprint density at radius 3 is 1.39 bits per heavy atom. The second kappa shape index (κ2) is 13.0. The van der Waals surface area contributed by atoms with Crippen LogP contribution in [0.4, 0.5) is 0 Å². The molecule has 0 aromatic heterocycles. The fourth-order valence-electron chi connectivity index (χ4n) is 2.37. The van der Waals surface area contributed by atoms with Gasteiger partial charge in [0.2, 0.25) is 0 Å². The maximum Gasteiger partial charge on any atom is 0.00723 e. The van der Waals surface area contributed by atoms with Crippen molar-refractivity contribution in [3.63, 3.8) is 0 Å². The van der Waals surface area contributed by atoms with Gasteiger partial charge in [-0.25, -0.2) is 0 Å². The van der Waals surface area contributed by atoms with E-state index in [1.807, 2.05) is 0 Å². The summed E-state index contributed by atoms with van der Waals surface area (Å²) in [5, 5.41) is 0. The number of rotatable bonds is 12. The van der Waals surface area contributed by atoms with E-state index < -0.39 is 0 Å². The summed E-state index contributed by atoms with van der Waals surface area (Å²) < 4.78 is 0. The Labute approximate surface area is 115 Å². The smallest absolute Gasteiger partial charge is 0.00723 e. The first-order valence-corrected chi connectivity index (χ1v) is 8.22. The molecule has 0 saturated carbocycles. The molecule has 0 amide bonds. The molecule has 18 heavy (non-hydrogen) atoms. The first-order valence-electron chi connectivity index (χ1n) is 8.22. The monoisotopic (exact) mass is 253 g/mol. The lowest BCUT2D eigenvalue weighted by Crippen LogP contribution is -2.04. The highest BCUT2D eigenvalue weighted by molar-refractivity contribution is 5.11. The first-order chi connectivity index (χ1) is 8.76. The van der Waals surface area contributed by atoms with Gasteiger partial charge in [-0.15, -0.1) is 0 Å². The lowest BCUT2D eigenvalue weighted by Gasteiger charge is -2.12. The Morgan fingerprint density at radius 2 is 1.00 bits per heavy atom. The van der Waals surface area contributed by atoms with Crippen LogP contribution < -0.4 is 5.73 Å². The summed E-state index contributed by atoms with van der Waals surface area (Å²) in [6, 6.07) is 0. The third-order valence-corrected chi connectivity index (χ3v) is 3.67. The fourth-order valence-corrected chi connectivity index (χ4v) is 2.37. The second-order valence-corrected chi connectivity index (χ2v) is 5.50. The topological polar surface area (TPSA) is 26.0 Å². The van der Waals surface area contributed by atoms with Crippen molar-refractivity contribution in [1.82, 2.24) is 0 Å². The lowest BCUT2D eigenvalue weighted by atomic mass is 9.97. The van der Waals surface area contributed by atoms with E-state index in [0.29, 0.717) is 0 Å². The van der Waals surface area contributed by atoms with Gasteiger partial charge in [0.1, 0.15) is 0 Å². The van der Waals surface area contributed by atoms with Gasteiger partial charge in [0.05, 0.1) is 0 Å². The van der Waals surface area contributed by atoms with Gasteiger partial charge < -0.3 is 5.73 Å². The van der Waals surface area contributed by atoms with Crippen LogP contribution >= 0.6 is 0 Å². The van der Waals surface area contributed by atoms with Gasteiger partial charge in [0.25, 0.3) is 0 Å². The molecule has 0 aliphatic carbocycles. The van der Waals surface area contributed by atoms with Gasteiger partial charge in [0, 0.05) is 5.70 Å². The summed E-state index contributed by atoms with van der Waals surface area (Å²) in [5.41, 5.74) is 9.10. The van der Waals surface area contributed by atoms with Crippen LogP contribution in [0.1, 0.15) is 97.8 Å². The summed E-state index contributed by atoms with van der Waals surface area (Å²) in [6.07, 6.45) is 15.4. The van der Waals surface area contributed by atoms with E-state index in [4.69, 9.17) is 5.73 Å². The molecular weight excluding hydrogens is 218 g/mol. The number of allylic oxidation sites excluding steroid dienone is 2. The Kier molecular flexibility index (Phi) is 12.7. The van der Waals surface area contributed by atoms with E-state index in [-0.39, 0.29) is 0 Å². The molecule has 0 rings (SSSR count). The second-order valence-electron chi connectivity index (χ2n) is 5.50. The van der Waals surface area contributed by atoms with Crippen molar-refractivity contribution in [3.05, 3.63) is 11.3 Å². The number of hydrogen-bond acceptors (Lipinski definition) is 1. The summed E-state index contributed by atoms with van der Waals surface area (Å²) in [4.78, 5) is 0.